The van der Waals surface area contributed by atoms with Crippen molar-refractivity contribution >= 4 is 69.0 Å². The second-order valence-electron chi connectivity index (χ2n) is 10.4. The smallest absolute Gasteiger partial charge is 0.314 e. The number of rotatable bonds is 8. The van der Waals surface area contributed by atoms with Crippen LogP contribution < -0.4 is 11.1 Å². The van der Waals surface area contributed by atoms with Crippen molar-refractivity contribution in [3.8, 4) is 0 Å². The number of fused-ring (bicyclic) bond motifs is 1. The molecule has 0 saturated carbocycles. The number of ether oxygens (including phenoxy) is 3. The highest BCUT2D eigenvalue weighted by Gasteiger charge is 2.56. The zero-order valence-corrected chi connectivity index (χ0v) is 25.4. The zero-order valence-electron chi connectivity index (χ0n) is 22.9. The van der Waals surface area contributed by atoms with E-state index >= 15 is 0 Å². The average Bonchev–Trinajstić information content (AvgIpc) is 3.34. The van der Waals surface area contributed by atoms with Crippen LogP contribution in [0.4, 0.5) is 5.13 Å². The molecule has 2 saturated heterocycles. The fourth-order valence-electron chi connectivity index (χ4n) is 4.66. The number of carbonyl (C=O) groups is 3. The van der Waals surface area contributed by atoms with Crippen molar-refractivity contribution in [1.82, 2.24) is 15.2 Å². The largest absolute Gasteiger partial charge is 0.445 e. The number of β-lactam (4-membered cyclic amide) rings is 1. The molecule has 0 bridgehead atoms. The highest BCUT2D eigenvalue weighted by Crippen LogP contribution is 2.48. The van der Waals surface area contributed by atoms with Gasteiger partial charge in [0.05, 0.1) is 11.1 Å². The molecule has 3 aliphatic heterocycles. The summed E-state index contributed by atoms with van der Waals surface area (Å²) in [4.78, 5) is 49.4. The fraction of sp³-hybridized carbons (Fsp3) is 0.600. The molecule has 1 aromatic heterocycles. The maximum absolute atomic E-state index is 13.5. The fourth-order valence-corrected chi connectivity index (χ4v) is 7.01. The highest BCUT2D eigenvalue weighted by molar-refractivity contribution is 8.00. The van der Waals surface area contributed by atoms with Crippen LogP contribution >= 0.6 is 35.3 Å². The van der Waals surface area contributed by atoms with Gasteiger partial charge >= 0.3 is 5.97 Å². The van der Waals surface area contributed by atoms with Gasteiger partial charge in [0.2, 0.25) is 11.8 Å². The Morgan fingerprint density at radius 1 is 1.30 bits per heavy atom. The minimum atomic E-state index is -0.842. The summed E-state index contributed by atoms with van der Waals surface area (Å²) in [6.45, 7) is 8.10. The van der Waals surface area contributed by atoms with Crippen LogP contribution in [0.1, 0.15) is 46.2 Å². The van der Waals surface area contributed by atoms with Crippen molar-refractivity contribution in [3.05, 3.63) is 22.3 Å². The van der Waals surface area contributed by atoms with E-state index in [4.69, 9.17) is 37.0 Å². The summed E-state index contributed by atoms with van der Waals surface area (Å²) in [5.41, 5.74) is 6.67. The first kappa shape index (κ1) is 30.2. The van der Waals surface area contributed by atoms with Gasteiger partial charge in [-0.1, -0.05) is 5.16 Å². The average molecular weight is 612 g/mol. The number of nitrogens with zero attached hydrogens (tertiary/aromatic N) is 3. The van der Waals surface area contributed by atoms with Gasteiger partial charge in [-0.2, -0.15) is 0 Å². The molecule has 0 aromatic carbocycles. The van der Waals surface area contributed by atoms with E-state index in [1.807, 2.05) is 6.92 Å². The number of carbonyl (C=O) groups excluding carboxylic acids is 3. The molecular formula is C25H33N5O7S3. The Hall–Kier alpha value is -2.75. The van der Waals surface area contributed by atoms with Crippen LogP contribution in [0.15, 0.2) is 21.8 Å². The number of nitrogens with one attached hydrogen (secondary N) is 1. The van der Waals surface area contributed by atoms with E-state index in [-0.39, 0.29) is 45.5 Å². The Kier molecular flexibility index (Phi) is 9.37. The number of nitrogens with two attached hydrogens (primary N) is 1. The molecule has 12 nitrogen and oxygen atoms in total. The zero-order chi connectivity index (χ0) is 29.2. The van der Waals surface area contributed by atoms with Crippen molar-refractivity contribution in [2.24, 2.45) is 16.5 Å². The van der Waals surface area contributed by atoms with Crippen molar-refractivity contribution in [1.29, 1.82) is 0 Å². The van der Waals surface area contributed by atoms with Gasteiger partial charge in [-0.05, 0) is 64.2 Å². The Labute approximate surface area is 246 Å². The van der Waals surface area contributed by atoms with Crippen LogP contribution in [0.5, 0.6) is 0 Å². The number of oxime groups is 1. The van der Waals surface area contributed by atoms with Crippen LogP contribution in [-0.4, -0.2) is 82.2 Å². The van der Waals surface area contributed by atoms with Gasteiger partial charge in [0.1, 0.15) is 24.2 Å². The molecule has 2 amide bonds. The number of thiocarbonyl (C=S) groups is 1. The van der Waals surface area contributed by atoms with E-state index < -0.39 is 28.7 Å². The molecule has 3 aliphatic rings. The number of aromatic nitrogens is 1. The summed E-state index contributed by atoms with van der Waals surface area (Å²) in [6.07, 6.45) is 1.57. The first-order valence-corrected chi connectivity index (χ1v) is 14.9. The monoisotopic (exact) mass is 611 g/mol. The molecule has 2 unspecified atom stereocenters. The number of anilines is 1. The number of thioether (sulfide) groups is 1. The van der Waals surface area contributed by atoms with Crippen LogP contribution in [0.2, 0.25) is 0 Å². The normalized spacial score (nSPS) is 23.7. The van der Waals surface area contributed by atoms with E-state index in [1.54, 1.807) is 42.8 Å². The summed E-state index contributed by atoms with van der Waals surface area (Å²) in [6, 6.07) is -0.842. The number of hydrogen-bond acceptors (Lipinski definition) is 13. The number of hydrogen-bond donors (Lipinski definition) is 2. The van der Waals surface area contributed by atoms with Gasteiger partial charge in [0.25, 0.3) is 11.8 Å². The molecule has 218 valence electrons. The molecular weight excluding hydrogens is 579 g/mol. The molecule has 4 rings (SSSR count). The number of amides is 2. The number of thiazole rings is 1. The van der Waals surface area contributed by atoms with E-state index in [1.165, 1.54) is 7.11 Å². The van der Waals surface area contributed by atoms with Gasteiger partial charge in [-0.3, -0.25) is 19.3 Å². The maximum atomic E-state index is 13.5. The molecule has 0 spiro atoms. The Morgan fingerprint density at radius 3 is 2.60 bits per heavy atom. The lowest BCUT2D eigenvalue weighted by Crippen LogP contribution is -2.71. The van der Waals surface area contributed by atoms with Crippen LogP contribution in [0.25, 0.3) is 0 Å². The molecule has 40 heavy (non-hydrogen) atoms. The lowest BCUT2D eigenvalue weighted by molar-refractivity contribution is -0.160. The summed E-state index contributed by atoms with van der Waals surface area (Å²) in [5.74, 6) is -1.25. The van der Waals surface area contributed by atoms with Crippen molar-refractivity contribution < 1.29 is 33.4 Å². The first-order chi connectivity index (χ1) is 18.9. The molecule has 4 heterocycles. The van der Waals surface area contributed by atoms with E-state index in [0.29, 0.717) is 18.9 Å². The van der Waals surface area contributed by atoms with E-state index in [0.717, 1.165) is 29.8 Å². The van der Waals surface area contributed by atoms with Crippen molar-refractivity contribution in [2.45, 2.75) is 57.2 Å². The summed E-state index contributed by atoms with van der Waals surface area (Å²) in [5, 5.41) is 8.03. The molecule has 3 N–H and O–H groups in total. The van der Waals surface area contributed by atoms with Crippen LogP contribution in [-0.2, 0) is 33.4 Å². The number of nitrogen functional groups attached to an aromatic ring is 1. The van der Waals surface area contributed by atoms with E-state index in [9.17, 15) is 14.4 Å². The van der Waals surface area contributed by atoms with Crippen molar-refractivity contribution in [3.63, 3.8) is 0 Å². The second kappa shape index (κ2) is 12.4. The molecule has 1 aromatic rings. The Bertz CT molecular complexity index is 1240. The molecule has 0 radical (unpaired) electrons. The third-order valence-electron chi connectivity index (χ3n) is 6.63. The molecule has 15 heteroatoms. The molecule has 0 aliphatic carbocycles. The highest BCUT2D eigenvalue weighted by atomic mass is 32.2. The quantitative estimate of drug-likeness (QED) is 0.111. The standard InChI is InChI=1S/C25H33N5O7S3/c1-12-15(13-6-8-35-9-7-13)18(22(38)36-11-37-23(33)25(2,3)4)30-20(32)17(21(30)40-12)28-19(31)16(29-34-5)14-10-39-24(26)27-14/h10,12-13,17,21H,6-9,11H2,1-5H3,(H2,26,27)(H,28,31)/b29-16-/t12?,17?,21-/m1/s1. The van der Waals surface area contributed by atoms with Gasteiger partial charge in [0.15, 0.2) is 10.8 Å². The first-order valence-electron chi connectivity index (χ1n) is 12.7. The summed E-state index contributed by atoms with van der Waals surface area (Å²) >= 11 is 8.37. The van der Waals surface area contributed by atoms with Crippen LogP contribution in [0, 0.1) is 11.3 Å². The number of esters is 1. The lowest BCUT2D eigenvalue weighted by atomic mass is 9.86. The van der Waals surface area contributed by atoms with Gasteiger partial charge in [0, 0.05) is 23.8 Å². The minimum Gasteiger partial charge on any atom is -0.445 e. The predicted octanol–water partition coefficient (Wildman–Crippen LogP) is 2.44. The summed E-state index contributed by atoms with van der Waals surface area (Å²) < 4.78 is 16.5. The molecule has 3 atom stereocenters. The van der Waals surface area contributed by atoms with Gasteiger partial charge in [-0.25, -0.2) is 4.98 Å². The van der Waals surface area contributed by atoms with E-state index in [2.05, 4.69) is 15.5 Å². The van der Waals surface area contributed by atoms with Gasteiger partial charge in [-0.15, -0.1) is 23.1 Å². The Balaban J connectivity index is 1.56. The predicted molar refractivity (Wildman–Crippen MR) is 154 cm³/mol. The summed E-state index contributed by atoms with van der Waals surface area (Å²) in [7, 11) is 1.31. The SMILES string of the molecule is CO/N=C(\C(=O)NC1C(=O)N2C(C(=S)OCOC(=O)C(C)(C)C)=C(C3CCOCC3)C(C)S[C@H]12)c1csc(N)n1. The maximum Gasteiger partial charge on any atom is 0.314 e. The lowest BCUT2D eigenvalue weighted by Gasteiger charge is -2.53. The van der Waals surface area contributed by atoms with Crippen molar-refractivity contribution in [2.75, 3.05) is 32.9 Å². The molecule has 2 fully saturated rings. The third-order valence-corrected chi connectivity index (χ3v) is 9.04. The third kappa shape index (κ3) is 6.26. The second-order valence-corrected chi connectivity index (χ2v) is 13.2. The van der Waals surface area contributed by atoms with Crippen LogP contribution in [0.3, 0.4) is 0 Å². The minimum absolute atomic E-state index is 0.0315. The Morgan fingerprint density at radius 2 is 2.00 bits per heavy atom. The topological polar surface area (TPSA) is 155 Å². The van der Waals surface area contributed by atoms with Gasteiger partial charge < -0.3 is 30.1 Å².